The van der Waals surface area contributed by atoms with Crippen LogP contribution in [0.15, 0.2) is 24.3 Å². The number of aryl methyl sites for hydroxylation is 1. The largest absolute Gasteiger partial charge is 0.416 e. The number of alkyl halides is 3. The van der Waals surface area contributed by atoms with Gasteiger partial charge < -0.3 is 5.73 Å². The van der Waals surface area contributed by atoms with Gasteiger partial charge in [-0.25, -0.2) is 0 Å². The highest BCUT2D eigenvalue weighted by Gasteiger charge is 2.31. The van der Waals surface area contributed by atoms with Crippen LogP contribution in [0.4, 0.5) is 13.2 Å². The Balaban J connectivity index is 3.05. The zero-order valence-corrected chi connectivity index (χ0v) is 8.51. The van der Waals surface area contributed by atoms with Crippen LogP contribution in [0.25, 0.3) is 6.08 Å². The first-order valence-corrected chi connectivity index (χ1v) is 4.46. The number of hydrogen-bond donors (Lipinski definition) is 1. The monoisotopic (exact) mass is 229 g/mol. The lowest BCUT2D eigenvalue weighted by Gasteiger charge is -2.10. The smallest absolute Gasteiger partial charge is 0.366 e. The Morgan fingerprint density at radius 2 is 2.00 bits per heavy atom. The Bertz CT molecular complexity index is 435. The van der Waals surface area contributed by atoms with Crippen LogP contribution in [0.5, 0.6) is 0 Å². The van der Waals surface area contributed by atoms with Gasteiger partial charge >= 0.3 is 6.18 Å². The molecule has 0 aromatic heterocycles. The first-order valence-electron chi connectivity index (χ1n) is 4.46. The van der Waals surface area contributed by atoms with E-state index in [4.69, 9.17) is 5.73 Å². The normalized spacial score (nSPS) is 12.0. The summed E-state index contributed by atoms with van der Waals surface area (Å²) in [4.78, 5) is 10.4. The summed E-state index contributed by atoms with van der Waals surface area (Å²) in [7, 11) is 0. The van der Waals surface area contributed by atoms with Gasteiger partial charge in [0.2, 0.25) is 5.91 Å². The van der Waals surface area contributed by atoms with E-state index in [1.165, 1.54) is 25.1 Å². The molecule has 0 bridgehead atoms. The number of carbonyl (C=O) groups excluding carboxylic acids is 1. The van der Waals surface area contributed by atoms with Gasteiger partial charge in [-0.05, 0) is 30.2 Å². The molecule has 0 radical (unpaired) electrons. The molecule has 0 heterocycles. The van der Waals surface area contributed by atoms with Gasteiger partial charge in [-0.2, -0.15) is 13.2 Å². The van der Waals surface area contributed by atoms with Crippen molar-refractivity contribution in [2.75, 3.05) is 0 Å². The number of carbonyl (C=O) groups is 1. The molecule has 0 spiro atoms. The van der Waals surface area contributed by atoms with Crippen molar-refractivity contribution in [2.24, 2.45) is 5.73 Å². The van der Waals surface area contributed by atoms with E-state index in [0.717, 1.165) is 12.1 Å². The first kappa shape index (κ1) is 12.3. The van der Waals surface area contributed by atoms with E-state index in [-0.39, 0.29) is 5.56 Å². The number of benzene rings is 1. The fourth-order valence-corrected chi connectivity index (χ4v) is 1.29. The van der Waals surface area contributed by atoms with Crippen LogP contribution in [0.3, 0.4) is 0 Å². The summed E-state index contributed by atoms with van der Waals surface area (Å²) in [5, 5.41) is 0. The van der Waals surface area contributed by atoms with Crippen LogP contribution in [-0.4, -0.2) is 5.91 Å². The summed E-state index contributed by atoms with van der Waals surface area (Å²) >= 11 is 0. The summed E-state index contributed by atoms with van der Waals surface area (Å²) in [6.45, 7) is 1.37. The Kier molecular flexibility index (Phi) is 3.37. The van der Waals surface area contributed by atoms with Crippen LogP contribution in [0.2, 0.25) is 0 Å². The second kappa shape index (κ2) is 4.38. The average Bonchev–Trinajstić information content (AvgIpc) is 2.12. The molecule has 0 unspecified atom stereocenters. The molecule has 1 aromatic rings. The van der Waals surface area contributed by atoms with Gasteiger partial charge in [-0.1, -0.05) is 12.1 Å². The number of amides is 1. The fourth-order valence-electron chi connectivity index (χ4n) is 1.29. The first-order chi connectivity index (χ1) is 7.30. The zero-order chi connectivity index (χ0) is 12.3. The van der Waals surface area contributed by atoms with Crippen molar-refractivity contribution < 1.29 is 18.0 Å². The van der Waals surface area contributed by atoms with Gasteiger partial charge in [0, 0.05) is 6.08 Å². The summed E-state index contributed by atoms with van der Waals surface area (Å²) in [6.07, 6.45) is -1.88. The number of rotatable bonds is 2. The van der Waals surface area contributed by atoms with Gasteiger partial charge in [0.15, 0.2) is 0 Å². The highest BCUT2D eigenvalue weighted by Crippen LogP contribution is 2.32. The molecule has 0 atom stereocenters. The number of halogens is 3. The maximum atomic E-state index is 12.4. The van der Waals surface area contributed by atoms with Crippen molar-refractivity contribution in [1.29, 1.82) is 0 Å². The minimum Gasteiger partial charge on any atom is -0.366 e. The Morgan fingerprint density at radius 3 is 2.44 bits per heavy atom. The molecule has 86 valence electrons. The number of hydrogen-bond acceptors (Lipinski definition) is 1. The third-order valence-corrected chi connectivity index (χ3v) is 2.00. The minimum absolute atomic E-state index is 0.110. The number of primary amides is 1. The standard InChI is InChI=1S/C11H10F3NO/c1-7-6-8(3-5-10(15)16)2-4-9(7)11(12,13)14/h2-6H,1H3,(H2,15,16)/b5-3+. The van der Waals surface area contributed by atoms with Gasteiger partial charge in [0.25, 0.3) is 0 Å². The van der Waals surface area contributed by atoms with Crippen LogP contribution in [0.1, 0.15) is 16.7 Å². The van der Waals surface area contributed by atoms with Crippen molar-refractivity contribution in [3.63, 3.8) is 0 Å². The highest BCUT2D eigenvalue weighted by atomic mass is 19.4. The molecule has 1 amide bonds. The fraction of sp³-hybridized carbons (Fsp3) is 0.182. The van der Waals surface area contributed by atoms with Gasteiger partial charge in [0.05, 0.1) is 5.56 Å². The second-order valence-corrected chi connectivity index (χ2v) is 3.31. The quantitative estimate of drug-likeness (QED) is 0.778. The molecule has 0 saturated carbocycles. The Hall–Kier alpha value is -1.78. The summed E-state index contributed by atoms with van der Waals surface area (Å²) < 4.78 is 37.2. The SMILES string of the molecule is Cc1cc(/C=C/C(N)=O)ccc1C(F)(F)F. The minimum atomic E-state index is -4.35. The Labute approximate surface area is 90.6 Å². The lowest BCUT2D eigenvalue weighted by Crippen LogP contribution is -2.07. The molecule has 5 heteroatoms. The lowest BCUT2D eigenvalue weighted by atomic mass is 10.0. The lowest BCUT2D eigenvalue weighted by molar-refractivity contribution is -0.138. The molecule has 1 rings (SSSR count). The van der Waals surface area contributed by atoms with Gasteiger partial charge in [-0.3, -0.25) is 4.79 Å². The summed E-state index contributed by atoms with van der Waals surface area (Å²) in [6, 6.07) is 3.62. The van der Waals surface area contributed by atoms with Crippen LogP contribution in [-0.2, 0) is 11.0 Å². The van der Waals surface area contributed by atoms with Gasteiger partial charge in [-0.15, -0.1) is 0 Å². The van der Waals surface area contributed by atoms with Crippen LogP contribution in [0, 0.1) is 6.92 Å². The highest BCUT2D eigenvalue weighted by molar-refractivity contribution is 5.90. The molecular weight excluding hydrogens is 219 g/mol. The van der Waals surface area contributed by atoms with Crippen molar-refractivity contribution in [3.8, 4) is 0 Å². The molecule has 16 heavy (non-hydrogen) atoms. The van der Waals surface area contributed by atoms with E-state index in [9.17, 15) is 18.0 Å². The molecular formula is C11H10F3NO. The maximum Gasteiger partial charge on any atom is 0.416 e. The third-order valence-electron chi connectivity index (χ3n) is 2.00. The topological polar surface area (TPSA) is 43.1 Å². The van der Waals surface area contributed by atoms with Gasteiger partial charge in [0.1, 0.15) is 0 Å². The van der Waals surface area contributed by atoms with E-state index in [1.54, 1.807) is 0 Å². The molecule has 2 nitrogen and oxygen atoms in total. The molecule has 0 aliphatic carbocycles. The predicted molar refractivity (Wildman–Crippen MR) is 54.4 cm³/mol. The van der Waals surface area contributed by atoms with Crippen molar-refractivity contribution in [2.45, 2.75) is 13.1 Å². The van der Waals surface area contributed by atoms with E-state index in [0.29, 0.717) is 5.56 Å². The van der Waals surface area contributed by atoms with Crippen molar-refractivity contribution >= 4 is 12.0 Å². The number of nitrogens with two attached hydrogens (primary N) is 1. The third kappa shape index (κ3) is 3.12. The van der Waals surface area contributed by atoms with Crippen LogP contribution < -0.4 is 5.73 Å². The van der Waals surface area contributed by atoms with E-state index in [1.807, 2.05) is 0 Å². The van der Waals surface area contributed by atoms with E-state index >= 15 is 0 Å². The zero-order valence-electron chi connectivity index (χ0n) is 8.51. The summed E-state index contributed by atoms with van der Waals surface area (Å²) in [5.74, 6) is -0.641. The molecule has 1 aromatic carbocycles. The van der Waals surface area contributed by atoms with E-state index < -0.39 is 17.6 Å². The molecule has 0 saturated heterocycles. The molecule has 2 N–H and O–H groups in total. The summed E-state index contributed by atoms with van der Waals surface area (Å²) in [5.41, 5.74) is 4.81. The second-order valence-electron chi connectivity index (χ2n) is 3.31. The molecule has 0 aliphatic rings. The molecule has 0 aliphatic heterocycles. The predicted octanol–water partition coefficient (Wildman–Crippen LogP) is 2.51. The van der Waals surface area contributed by atoms with E-state index in [2.05, 4.69) is 0 Å². The van der Waals surface area contributed by atoms with Crippen LogP contribution >= 0.6 is 0 Å². The van der Waals surface area contributed by atoms with Crippen molar-refractivity contribution in [3.05, 3.63) is 41.0 Å². The average molecular weight is 229 g/mol. The Morgan fingerprint density at radius 1 is 1.38 bits per heavy atom. The molecule has 0 fully saturated rings. The van der Waals surface area contributed by atoms with Crippen molar-refractivity contribution in [1.82, 2.24) is 0 Å². The maximum absolute atomic E-state index is 12.4.